The zero-order valence-corrected chi connectivity index (χ0v) is 19.3. The molecule has 0 fully saturated rings. The molecule has 0 spiro atoms. The molecule has 0 bridgehead atoms. The summed E-state index contributed by atoms with van der Waals surface area (Å²) >= 11 is 0. The van der Waals surface area contributed by atoms with Crippen LogP contribution in [-0.2, 0) is 0 Å². The normalized spacial score (nSPS) is 16.4. The number of H-pyrrole nitrogens is 1. The van der Waals surface area contributed by atoms with Crippen molar-refractivity contribution in [3.63, 3.8) is 0 Å². The molecular formula is C27H26N4O3. The highest BCUT2D eigenvalue weighted by atomic mass is 16.5. The monoisotopic (exact) mass is 454 g/mol. The molecule has 172 valence electrons. The van der Waals surface area contributed by atoms with Crippen LogP contribution in [0.2, 0.25) is 0 Å². The predicted molar refractivity (Wildman–Crippen MR) is 135 cm³/mol. The van der Waals surface area contributed by atoms with Crippen molar-refractivity contribution in [2.24, 2.45) is 10.7 Å². The van der Waals surface area contributed by atoms with Gasteiger partial charge in [-0.25, -0.2) is 4.98 Å². The van der Waals surface area contributed by atoms with Gasteiger partial charge in [0.25, 0.3) is 0 Å². The summed E-state index contributed by atoms with van der Waals surface area (Å²) in [5.74, 6) is 2.67. The fourth-order valence-corrected chi connectivity index (χ4v) is 4.13. The van der Waals surface area contributed by atoms with Crippen LogP contribution in [0.4, 0.5) is 0 Å². The second-order valence-electron chi connectivity index (χ2n) is 8.66. The van der Waals surface area contributed by atoms with Gasteiger partial charge in [0.1, 0.15) is 28.8 Å². The number of amidine groups is 1. The SMILES string of the molecule is COc1ccc2c(=O)cc(C3=CCC(c4nc5ccc(C(N)=NC(C)C)cc5[nH]4)C=C3)oc2c1. The molecule has 34 heavy (non-hydrogen) atoms. The highest BCUT2D eigenvalue weighted by Crippen LogP contribution is 2.31. The van der Waals surface area contributed by atoms with Crippen molar-refractivity contribution < 1.29 is 9.15 Å². The van der Waals surface area contributed by atoms with Crippen LogP contribution in [0, 0.1) is 0 Å². The Morgan fingerprint density at radius 1 is 1.24 bits per heavy atom. The van der Waals surface area contributed by atoms with Gasteiger partial charge in [0.05, 0.1) is 23.5 Å². The minimum Gasteiger partial charge on any atom is -0.497 e. The fraction of sp³-hybridized carbons (Fsp3) is 0.222. The minimum absolute atomic E-state index is 0.0799. The van der Waals surface area contributed by atoms with Gasteiger partial charge in [0, 0.05) is 35.2 Å². The second-order valence-corrected chi connectivity index (χ2v) is 8.66. The van der Waals surface area contributed by atoms with E-state index in [9.17, 15) is 4.79 Å². The van der Waals surface area contributed by atoms with E-state index in [0.29, 0.717) is 28.3 Å². The van der Waals surface area contributed by atoms with Crippen LogP contribution in [0.15, 0.2) is 74.9 Å². The fourth-order valence-electron chi connectivity index (χ4n) is 4.13. The van der Waals surface area contributed by atoms with E-state index in [4.69, 9.17) is 19.9 Å². The van der Waals surface area contributed by atoms with E-state index in [0.717, 1.165) is 34.4 Å². The van der Waals surface area contributed by atoms with Crippen molar-refractivity contribution in [3.8, 4) is 5.75 Å². The van der Waals surface area contributed by atoms with E-state index in [1.807, 2.05) is 38.1 Å². The summed E-state index contributed by atoms with van der Waals surface area (Å²) in [5.41, 5.74) is 10.1. The molecule has 5 rings (SSSR count). The molecule has 3 N–H and O–H groups in total. The molecule has 1 atom stereocenters. The molecule has 0 saturated heterocycles. The first-order valence-corrected chi connectivity index (χ1v) is 11.2. The number of nitrogens with zero attached hydrogens (tertiary/aromatic N) is 2. The van der Waals surface area contributed by atoms with Gasteiger partial charge in [0.2, 0.25) is 0 Å². The first-order valence-electron chi connectivity index (χ1n) is 11.2. The summed E-state index contributed by atoms with van der Waals surface area (Å²) in [6, 6.07) is 12.8. The van der Waals surface area contributed by atoms with Gasteiger partial charge in [-0.1, -0.05) is 18.2 Å². The van der Waals surface area contributed by atoms with Crippen LogP contribution in [-0.4, -0.2) is 29.0 Å². The van der Waals surface area contributed by atoms with Crippen molar-refractivity contribution in [1.29, 1.82) is 0 Å². The Bertz CT molecular complexity index is 1540. The second kappa shape index (κ2) is 8.67. The van der Waals surface area contributed by atoms with Crippen molar-refractivity contribution in [2.75, 3.05) is 7.11 Å². The maximum Gasteiger partial charge on any atom is 0.193 e. The first kappa shape index (κ1) is 21.7. The molecule has 2 aromatic heterocycles. The Balaban J connectivity index is 1.40. The summed E-state index contributed by atoms with van der Waals surface area (Å²) in [7, 11) is 1.59. The number of nitrogens with one attached hydrogen (secondary N) is 1. The van der Waals surface area contributed by atoms with Crippen molar-refractivity contribution in [2.45, 2.75) is 32.2 Å². The van der Waals surface area contributed by atoms with E-state index in [1.165, 1.54) is 6.07 Å². The van der Waals surface area contributed by atoms with E-state index in [2.05, 4.69) is 22.1 Å². The van der Waals surface area contributed by atoms with Gasteiger partial charge < -0.3 is 19.9 Å². The lowest BCUT2D eigenvalue weighted by Gasteiger charge is -2.14. The number of benzene rings is 2. The Morgan fingerprint density at radius 3 is 2.82 bits per heavy atom. The number of aromatic amines is 1. The topological polar surface area (TPSA) is 106 Å². The number of ether oxygens (including phenoxy) is 1. The van der Waals surface area contributed by atoms with Crippen LogP contribution in [0.3, 0.4) is 0 Å². The maximum atomic E-state index is 12.6. The number of fused-ring (bicyclic) bond motifs is 2. The van der Waals surface area contributed by atoms with E-state index >= 15 is 0 Å². The van der Waals surface area contributed by atoms with Crippen molar-refractivity contribution in [1.82, 2.24) is 9.97 Å². The van der Waals surface area contributed by atoms with E-state index in [-0.39, 0.29) is 17.4 Å². The first-order chi connectivity index (χ1) is 16.4. The molecule has 1 aliphatic rings. The molecule has 0 amide bonds. The summed E-state index contributed by atoms with van der Waals surface area (Å²) in [6.07, 6.45) is 6.86. The Morgan fingerprint density at radius 2 is 2.09 bits per heavy atom. The lowest BCUT2D eigenvalue weighted by Crippen LogP contribution is -2.15. The third kappa shape index (κ3) is 4.12. The molecule has 7 nitrogen and oxygen atoms in total. The van der Waals surface area contributed by atoms with Gasteiger partial charge in [-0.05, 0) is 50.6 Å². The molecule has 7 heteroatoms. The van der Waals surface area contributed by atoms with Crippen molar-refractivity contribution in [3.05, 3.63) is 88.1 Å². The molecular weight excluding hydrogens is 428 g/mol. The summed E-state index contributed by atoms with van der Waals surface area (Å²) in [4.78, 5) is 25.2. The number of rotatable bonds is 5. The number of allylic oxidation sites excluding steroid dienone is 4. The zero-order valence-electron chi connectivity index (χ0n) is 19.3. The van der Waals surface area contributed by atoms with Gasteiger partial charge in [-0.15, -0.1) is 0 Å². The quantitative estimate of drug-likeness (QED) is 0.329. The Labute approximate surface area is 196 Å². The third-order valence-electron chi connectivity index (χ3n) is 5.87. The minimum atomic E-state index is -0.0799. The van der Waals surface area contributed by atoms with Crippen LogP contribution < -0.4 is 15.9 Å². The average molecular weight is 455 g/mol. The summed E-state index contributed by atoms with van der Waals surface area (Å²) < 4.78 is 11.3. The molecule has 1 unspecified atom stereocenters. The van der Waals surface area contributed by atoms with Gasteiger partial charge in [0.15, 0.2) is 5.43 Å². The molecule has 1 aliphatic carbocycles. The predicted octanol–water partition coefficient (Wildman–Crippen LogP) is 4.92. The molecule has 0 radical (unpaired) electrons. The van der Waals surface area contributed by atoms with Crippen LogP contribution in [0.5, 0.6) is 5.75 Å². The highest BCUT2D eigenvalue weighted by Gasteiger charge is 2.18. The number of hydrogen-bond acceptors (Lipinski definition) is 5. The van der Waals surface area contributed by atoms with Crippen LogP contribution in [0.1, 0.15) is 43.3 Å². The number of aliphatic imine (C=N–C) groups is 1. The standard InChI is InChI=1S/C27H26N4O3/c1-15(2)29-26(28)18-8-11-21-22(12-18)31-27(30-21)17-6-4-16(5-7-17)24-14-23(32)20-10-9-19(33-3)13-25(20)34-24/h4-6,8-15,17H,7H2,1-3H3,(H2,28,29)(H,30,31). The van der Waals surface area contributed by atoms with Crippen molar-refractivity contribution >= 4 is 33.4 Å². The lowest BCUT2D eigenvalue weighted by atomic mass is 9.95. The number of nitrogens with two attached hydrogens (primary N) is 1. The highest BCUT2D eigenvalue weighted by molar-refractivity contribution is 6.00. The molecule has 2 heterocycles. The number of hydrogen-bond donors (Lipinski definition) is 2. The Hall–Kier alpha value is -4.13. The number of methoxy groups -OCH3 is 1. The van der Waals surface area contributed by atoms with Gasteiger partial charge in [-0.3, -0.25) is 9.79 Å². The largest absolute Gasteiger partial charge is 0.497 e. The molecule has 0 saturated carbocycles. The zero-order chi connectivity index (χ0) is 23.8. The number of imidazole rings is 1. The smallest absolute Gasteiger partial charge is 0.193 e. The lowest BCUT2D eigenvalue weighted by molar-refractivity contribution is 0.414. The van der Waals surface area contributed by atoms with Gasteiger partial charge >= 0.3 is 0 Å². The summed E-state index contributed by atoms with van der Waals surface area (Å²) in [6.45, 7) is 3.99. The van der Waals surface area contributed by atoms with E-state index < -0.39 is 0 Å². The van der Waals surface area contributed by atoms with Crippen LogP contribution in [0.25, 0.3) is 27.6 Å². The van der Waals surface area contributed by atoms with E-state index in [1.54, 1.807) is 25.3 Å². The third-order valence-corrected chi connectivity index (χ3v) is 5.87. The maximum absolute atomic E-state index is 12.6. The van der Waals surface area contributed by atoms with Crippen LogP contribution >= 0.6 is 0 Å². The average Bonchev–Trinajstić information content (AvgIpc) is 3.26. The Kier molecular flexibility index (Phi) is 5.53. The number of aromatic nitrogens is 2. The molecule has 0 aliphatic heterocycles. The van der Waals surface area contributed by atoms with Gasteiger partial charge in [-0.2, -0.15) is 0 Å². The molecule has 4 aromatic rings. The molecule has 2 aromatic carbocycles. The summed E-state index contributed by atoms with van der Waals surface area (Å²) in [5, 5.41) is 0.531.